The van der Waals surface area contributed by atoms with E-state index in [2.05, 4.69) is 25.7 Å². The molecule has 136 valence electrons. The first-order valence-corrected chi connectivity index (χ1v) is 8.78. The predicted octanol–water partition coefficient (Wildman–Crippen LogP) is 3.05. The van der Waals surface area contributed by atoms with Gasteiger partial charge in [0.1, 0.15) is 6.04 Å². The molecule has 0 saturated heterocycles. The van der Waals surface area contributed by atoms with E-state index in [9.17, 15) is 4.79 Å². The summed E-state index contributed by atoms with van der Waals surface area (Å²) in [5.41, 5.74) is 2.49. The summed E-state index contributed by atoms with van der Waals surface area (Å²) in [6.07, 6.45) is 1.73. The Balaban J connectivity index is 1.78. The fraction of sp³-hybridized carbons (Fsp3) is 0.263. The summed E-state index contributed by atoms with van der Waals surface area (Å²) in [6.45, 7) is 1.50. The molecule has 3 N–H and O–H groups in total. The van der Waals surface area contributed by atoms with Gasteiger partial charge in [0.25, 0.3) is 0 Å². The fourth-order valence-electron chi connectivity index (χ4n) is 2.72. The molecular weight excluding hydrogens is 350 g/mol. The Morgan fingerprint density at radius 2 is 2.12 bits per heavy atom. The maximum atomic E-state index is 12.9. The van der Waals surface area contributed by atoms with Crippen LogP contribution in [-0.4, -0.2) is 48.2 Å². The Labute approximate surface area is 157 Å². The van der Waals surface area contributed by atoms with E-state index < -0.39 is 6.04 Å². The zero-order valence-corrected chi connectivity index (χ0v) is 15.5. The smallest absolute Gasteiger partial charge is 0.246 e. The number of amides is 1. The Kier molecular flexibility index (Phi) is 5.88. The second kappa shape index (κ2) is 8.31. The lowest BCUT2D eigenvalue weighted by molar-refractivity contribution is -0.118. The quantitative estimate of drug-likeness (QED) is 0.597. The SMILES string of the molecule is CN(C)CCNC(C(=O)Nc1ccc2[nH]ncc2c1)c1cccc(Cl)c1. The third-order valence-electron chi connectivity index (χ3n) is 4.06. The molecule has 1 atom stereocenters. The molecule has 0 aliphatic carbocycles. The van der Waals surface area contributed by atoms with Gasteiger partial charge in [0.2, 0.25) is 5.91 Å². The largest absolute Gasteiger partial charge is 0.324 e. The number of anilines is 1. The molecule has 6 nitrogen and oxygen atoms in total. The summed E-state index contributed by atoms with van der Waals surface area (Å²) >= 11 is 6.11. The number of fused-ring (bicyclic) bond motifs is 1. The highest BCUT2D eigenvalue weighted by atomic mass is 35.5. The van der Waals surface area contributed by atoms with E-state index in [4.69, 9.17) is 11.6 Å². The summed E-state index contributed by atoms with van der Waals surface area (Å²) in [7, 11) is 3.99. The maximum Gasteiger partial charge on any atom is 0.246 e. The third kappa shape index (κ3) is 4.60. The van der Waals surface area contributed by atoms with Crippen molar-refractivity contribution in [3.05, 3.63) is 59.2 Å². The Morgan fingerprint density at radius 1 is 1.27 bits per heavy atom. The van der Waals surface area contributed by atoms with E-state index in [1.807, 2.05) is 50.5 Å². The van der Waals surface area contributed by atoms with Crippen molar-refractivity contribution in [3.8, 4) is 0 Å². The van der Waals surface area contributed by atoms with Crippen molar-refractivity contribution in [3.63, 3.8) is 0 Å². The molecule has 0 fully saturated rings. The van der Waals surface area contributed by atoms with Crippen LogP contribution in [0.3, 0.4) is 0 Å². The number of carbonyl (C=O) groups is 1. The van der Waals surface area contributed by atoms with Gasteiger partial charge < -0.3 is 15.5 Å². The lowest BCUT2D eigenvalue weighted by Crippen LogP contribution is -2.36. The van der Waals surface area contributed by atoms with E-state index in [0.717, 1.165) is 28.7 Å². The number of nitrogens with zero attached hydrogens (tertiary/aromatic N) is 2. The standard InChI is InChI=1S/C19H22ClN5O/c1-25(2)9-8-21-18(13-4-3-5-15(20)10-13)19(26)23-16-6-7-17-14(11-16)12-22-24-17/h3-7,10-12,18,21H,8-9H2,1-2H3,(H,22,24)(H,23,26). The van der Waals surface area contributed by atoms with E-state index >= 15 is 0 Å². The molecule has 3 rings (SSSR count). The minimum absolute atomic E-state index is 0.131. The van der Waals surface area contributed by atoms with Crippen molar-refractivity contribution < 1.29 is 4.79 Å². The molecular formula is C19H22ClN5O. The van der Waals surface area contributed by atoms with Crippen molar-refractivity contribution in [2.75, 3.05) is 32.5 Å². The first-order valence-electron chi connectivity index (χ1n) is 8.40. The van der Waals surface area contributed by atoms with Crippen molar-refractivity contribution in [1.82, 2.24) is 20.4 Å². The number of H-pyrrole nitrogens is 1. The van der Waals surface area contributed by atoms with E-state index in [1.54, 1.807) is 12.3 Å². The molecule has 7 heteroatoms. The molecule has 1 unspecified atom stereocenters. The zero-order chi connectivity index (χ0) is 18.5. The molecule has 3 aromatic rings. The van der Waals surface area contributed by atoms with Crippen LogP contribution in [0, 0.1) is 0 Å². The highest BCUT2D eigenvalue weighted by Gasteiger charge is 2.20. The van der Waals surface area contributed by atoms with E-state index in [-0.39, 0.29) is 5.91 Å². The highest BCUT2D eigenvalue weighted by molar-refractivity contribution is 6.30. The van der Waals surface area contributed by atoms with Crippen LogP contribution in [0.4, 0.5) is 5.69 Å². The van der Waals surface area contributed by atoms with Crippen molar-refractivity contribution in [2.24, 2.45) is 0 Å². The molecule has 0 bridgehead atoms. The van der Waals surface area contributed by atoms with Gasteiger partial charge in [0.05, 0.1) is 11.7 Å². The minimum atomic E-state index is -0.492. The van der Waals surface area contributed by atoms with Gasteiger partial charge in [0, 0.05) is 29.2 Å². The summed E-state index contributed by atoms with van der Waals surface area (Å²) < 4.78 is 0. The van der Waals surface area contributed by atoms with Crippen LogP contribution < -0.4 is 10.6 Å². The number of likely N-dealkylation sites (N-methyl/N-ethyl adjacent to an activating group) is 1. The monoisotopic (exact) mass is 371 g/mol. The Hall–Kier alpha value is -2.41. The minimum Gasteiger partial charge on any atom is -0.324 e. The molecule has 0 aliphatic heterocycles. The number of carbonyl (C=O) groups excluding carboxylic acids is 1. The highest BCUT2D eigenvalue weighted by Crippen LogP contribution is 2.21. The number of benzene rings is 2. The molecule has 26 heavy (non-hydrogen) atoms. The number of rotatable bonds is 7. The average molecular weight is 372 g/mol. The first kappa shape index (κ1) is 18.4. The van der Waals surface area contributed by atoms with Crippen LogP contribution in [0.25, 0.3) is 10.9 Å². The second-order valence-electron chi connectivity index (χ2n) is 6.41. The van der Waals surface area contributed by atoms with Crippen LogP contribution in [0.1, 0.15) is 11.6 Å². The number of aromatic nitrogens is 2. The molecule has 2 aromatic carbocycles. The summed E-state index contributed by atoms with van der Waals surface area (Å²) in [5, 5.41) is 14.7. The van der Waals surface area contributed by atoms with Gasteiger partial charge in [0.15, 0.2) is 0 Å². The van der Waals surface area contributed by atoms with Crippen molar-refractivity contribution in [2.45, 2.75) is 6.04 Å². The molecule has 0 radical (unpaired) electrons. The molecule has 0 spiro atoms. The first-order chi connectivity index (χ1) is 12.5. The van der Waals surface area contributed by atoms with Crippen LogP contribution in [0.15, 0.2) is 48.7 Å². The molecule has 1 amide bonds. The number of hydrogen-bond acceptors (Lipinski definition) is 4. The number of hydrogen-bond donors (Lipinski definition) is 3. The summed E-state index contributed by atoms with van der Waals surface area (Å²) in [6, 6.07) is 12.5. The van der Waals surface area contributed by atoms with Gasteiger partial charge in [-0.25, -0.2) is 0 Å². The number of halogens is 1. The molecule has 0 saturated carbocycles. The summed E-state index contributed by atoms with van der Waals surface area (Å²) in [5.74, 6) is -0.131. The van der Waals surface area contributed by atoms with Gasteiger partial charge in [-0.15, -0.1) is 0 Å². The van der Waals surface area contributed by atoms with Gasteiger partial charge in [-0.2, -0.15) is 5.10 Å². The predicted molar refractivity (Wildman–Crippen MR) is 105 cm³/mol. The van der Waals surface area contributed by atoms with E-state index in [0.29, 0.717) is 11.6 Å². The normalized spacial score (nSPS) is 12.5. The zero-order valence-electron chi connectivity index (χ0n) is 14.8. The lowest BCUT2D eigenvalue weighted by Gasteiger charge is -2.20. The summed E-state index contributed by atoms with van der Waals surface area (Å²) in [4.78, 5) is 15.0. The molecule has 1 heterocycles. The van der Waals surface area contributed by atoms with Crippen molar-refractivity contribution in [1.29, 1.82) is 0 Å². The molecule has 1 aromatic heterocycles. The number of nitrogens with one attached hydrogen (secondary N) is 3. The van der Waals surface area contributed by atoms with Gasteiger partial charge in [-0.05, 0) is 50.0 Å². The third-order valence-corrected chi connectivity index (χ3v) is 4.29. The van der Waals surface area contributed by atoms with Gasteiger partial charge in [-0.1, -0.05) is 23.7 Å². The van der Waals surface area contributed by atoms with Crippen LogP contribution in [0.5, 0.6) is 0 Å². The molecule has 0 aliphatic rings. The Bertz CT molecular complexity index is 892. The van der Waals surface area contributed by atoms with E-state index in [1.165, 1.54) is 0 Å². The maximum absolute atomic E-state index is 12.9. The second-order valence-corrected chi connectivity index (χ2v) is 6.84. The number of aromatic amines is 1. The van der Waals surface area contributed by atoms with Gasteiger partial charge >= 0.3 is 0 Å². The van der Waals surface area contributed by atoms with Crippen LogP contribution in [-0.2, 0) is 4.79 Å². The topological polar surface area (TPSA) is 73.1 Å². The van der Waals surface area contributed by atoms with Crippen LogP contribution >= 0.6 is 11.6 Å². The average Bonchev–Trinajstić information content (AvgIpc) is 3.06. The lowest BCUT2D eigenvalue weighted by atomic mass is 10.1. The van der Waals surface area contributed by atoms with Crippen molar-refractivity contribution >= 4 is 34.1 Å². The Morgan fingerprint density at radius 3 is 2.88 bits per heavy atom. The van der Waals surface area contributed by atoms with Crippen LogP contribution in [0.2, 0.25) is 5.02 Å². The van der Waals surface area contributed by atoms with Gasteiger partial charge in [-0.3, -0.25) is 9.89 Å². The fourth-order valence-corrected chi connectivity index (χ4v) is 2.91.